The van der Waals surface area contributed by atoms with E-state index in [0.717, 1.165) is 5.75 Å². The first-order valence-electron chi connectivity index (χ1n) is 5.20. The highest BCUT2D eigenvalue weighted by Gasteiger charge is 2.10. The van der Waals surface area contributed by atoms with E-state index in [1.54, 1.807) is 24.3 Å². The first-order valence-corrected chi connectivity index (χ1v) is 5.20. The molecule has 17 heavy (non-hydrogen) atoms. The van der Waals surface area contributed by atoms with Crippen molar-refractivity contribution in [3.8, 4) is 17.6 Å². The summed E-state index contributed by atoms with van der Waals surface area (Å²) >= 11 is 0. The number of ether oxygens (including phenoxy) is 2. The van der Waals surface area contributed by atoms with Gasteiger partial charge in [0, 0.05) is 7.05 Å². The molecule has 1 amide bonds. The number of hydrogen-bond donors (Lipinski definition) is 0. The molecule has 0 radical (unpaired) electrons. The molecule has 0 aliphatic carbocycles. The van der Waals surface area contributed by atoms with Crippen LogP contribution in [0.1, 0.15) is 6.92 Å². The normalized spacial score (nSPS) is 9.24. The van der Waals surface area contributed by atoms with Crippen LogP contribution in [0, 0.1) is 11.3 Å². The molecule has 5 nitrogen and oxygen atoms in total. The first kappa shape index (κ1) is 12.8. The van der Waals surface area contributed by atoms with E-state index < -0.39 is 6.09 Å². The number of hydrogen-bond acceptors (Lipinski definition) is 4. The molecule has 0 saturated heterocycles. The second kappa shape index (κ2) is 6.38. The van der Waals surface area contributed by atoms with E-state index in [2.05, 4.69) is 0 Å². The van der Waals surface area contributed by atoms with Crippen LogP contribution in [0.4, 0.5) is 4.79 Å². The van der Waals surface area contributed by atoms with Gasteiger partial charge in [0.2, 0.25) is 0 Å². The van der Waals surface area contributed by atoms with Crippen molar-refractivity contribution in [3.63, 3.8) is 0 Å². The Bertz CT molecular complexity index is 409. The molecule has 0 atom stereocenters. The predicted molar refractivity (Wildman–Crippen MR) is 61.9 cm³/mol. The molecule has 0 bridgehead atoms. The van der Waals surface area contributed by atoms with Gasteiger partial charge in [-0.3, -0.25) is 4.90 Å². The fraction of sp³-hybridized carbons (Fsp3) is 0.333. The maximum absolute atomic E-state index is 11.4. The second-order valence-electron chi connectivity index (χ2n) is 3.29. The van der Waals surface area contributed by atoms with Crippen molar-refractivity contribution in [2.24, 2.45) is 0 Å². The fourth-order valence-corrected chi connectivity index (χ4v) is 1.12. The predicted octanol–water partition coefficient (Wildman–Crippen LogP) is 2.04. The van der Waals surface area contributed by atoms with Crippen LogP contribution in [0.25, 0.3) is 0 Å². The summed E-state index contributed by atoms with van der Waals surface area (Å²) in [4.78, 5) is 12.6. The van der Waals surface area contributed by atoms with E-state index in [1.807, 2.05) is 13.0 Å². The molecule has 0 spiro atoms. The standard InChI is InChI=1S/C12H14N2O3/c1-3-16-10-4-6-11(7-5-10)17-12(15)14(2)9-8-13/h4-7H,3,9H2,1-2H3. The number of amides is 1. The highest BCUT2D eigenvalue weighted by molar-refractivity contribution is 5.70. The fourth-order valence-electron chi connectivity index (χ4n) is 1.12. The Morgan fingerprint density at radius 1 is 1.35 bits per heavy atom. The van der Waals surface area contributed by atoms with Crippen LogP contribution in [0.15, 0.2) is 24.3 Å². The van der Waals surface area contributed by atoms with Crippen molar-refractivity contribution in [2.75, 3.05) is 20.2 Å². The summed E-state index contributed by atoms with van der Waals surface area (Å²) in [7, 11) is 1.50. The highest BCUT2D eigenvalue weighted by Crippen LogP contribution is 2.17. The monoisotopic (exact) mass is 234 g/mol. The van der Waals surface area contributed by atoms with Gasteiger partial charge in [-0.25, -0.2) is 4.79 Å². The van der Waals surface area contributed by atoms with Gasteiger partial charge in [-0.1, -0.05) is 0 Å². The van der Waals surface area contributed by atoms with Gasteiger partial charge in [-0.15, -0.1) is 0 Å². The van der Waals surface area contributed by atoms with E-state index in [0.29, 0.717) is 12.4 Å². The van der Waals surface area contributed by atoms with Crippen molar-refractivity contribution >= 4 is 6.09 Å². The van der Waals surface area contributed by atoms with Crippen LogP contribution in [0.2, 0.25) is 0 Å². The Labute approximate surface area is 100 Å². The molecule has 90 valence electrons. The third-order valence-electron chi connectivity index (χ3n) is 1.96. The van der Waals surface area contributed by atoms with E-state index in [4.69, 9.17) is 14.7 Å². The van der Waals surface area contributed by atoms with Crippen molar-refractivity contribution in [2.45, 2.75) is 6.92 Å². The molecule has 0 heterocycles. The van der Waals surface area contributed by atoms with E-state index in [9.17, 15) is 4.79 Å². The summed E-state index contributed by atoms with van der Waals surface area (Å²) < 4.78 is 10.3. The summed E-state index contributed by atoms with van der Waals surface area (Å²) in [6, 6.07) is 8.59. The lowest BCUT2D eigenvalue weighted by Gasteiger charge is -2.13. The van der Waals surface area contributed by atoms with E-state index in [-0.39, 0.29) is 6.54 Å². The molecule has 1 aromatic rings. The topological polar surface area (TPSA) is 62.6 Å². The van der Waals surface area contributed by atoms with Crippen LogP contribution in [0.3, 0.4) is 0 Å². The minimum Gasteiger partial charge on any atom is -0.494 e. The largest absolute Gasteiger partial charge is 0.494 e. The van der Waals surface area contributed by atoms with Crippen molar-refractivity contribution in [3.05, 3.63) is 24.3 Å². The lowest BCUT2D eigenvalue weighted by atomic mass is 10.3. The summed E-state index contributed by atoms with van der Waals surface area (Å²) in [6.07, 6.45) is -0.560. The molecule has 0 N–H and O–H groups in total. The SMILES string of the molecule is CCOc1ccc(OC(=O)N(C)CC#N)cc1. The van der Waals surface area contributed by atoms with Crippen LogP contribution in [0.5, 0.6) is 11.5 Å². The van der Waals surface area contributed by atoms with E-state index >= 15 is 0 Å². The van der Waals surface area contributed by atoms with Gasteiger partial charge in [-0.05, 0) is 31.2 Å². The number of nitriles is 1. The van der Waals surface area contributed by atoms with Crippen LogP contribution in [-0.4, -0.2) is 31.2 Å². The highest BCUT2D eigenvalue weighted by atomic mass is 16.6. The van der Waals surface area contributed by atoms with Gasteiger partial charge >= 0.3 is 6.09 Å². The molecule has 1 aromatic carbocycles. The van der Waals surface area contributed by atoms with Gasteiger partial charge in [0.25, 0.3) is 0 Å². The molecule has 0 saturated carbocycles. The quantitative estimate of drug-likeness (QED) is 0.748. The Balaban J connectivity index is 2.57. The third-order valence-corrected chi connectivity index (χ3v) is 1.96. The van der Waals surface area contributed by atoms with Crippen LogP contribution < -0.4 is 9.47 Å². The molecule has 0 aromatic heterocycles. The second-order valence-corrected chi connectivity index (χ2v) is 3.29. The van der Waals surface area contributed by atoms with Gasteiger partial charge in [0.15, 0.2) is 0 Å². The zero-order chi connectivity index (χ0) is 12.7. The number of rotatable bonds is 4. The molecule has 0 unspecified atom stereocenters. The minimum atomic E-state index is -0.560. The molecule has 0 fully saturated rings. The van der Waals surface area contributed by atoms with Crippen molar-refractivity contribution in [1.29, 1.82) is 5.26 Å². The summed E-state index contributed by atoms with van der Waals surface area (Å²) in [5.41, 5.74) is 0. The van der Waals surface area contributed by atoms with Gasteiger partial charge in [0.05, 0.1) is 12.7 Å². The average Bonchev–Trinajstić information content (AvgIpc) is 2.32. The zero-order valence-corrected chi connectivity index (χ0v) is 9.84. The zero-order valence-electron chi connectivity index (χ0n) is 9.84. The average molecular weight is 234 g/mol. The third kappa shape index (κ3) is 4.03. The minimum absolute atomic E-state index is 0.00410. The van der Waals surface area contributed by atoms with E-state index in [1.165, 1.54) is 11.9 Å². The Kier molecular flexibility index (Phi) is 4.82. The molecular formula is C12H14N2O3. The Hall–Kier alpha value is -2.22. The summed E-state index contributed by atoms with van der Waals surface area (Å²) in [5.74, 6) is 1.14. The lowest BCUT2D eigenvalue weighted by molar-refractivity contribution is 0.167. The summed E-state index contributed by atoms with van der Waals surface area (Å²) in [5, 5.41) is 8.43. The van der Waals surface area contributed by atoms with Crippen LogP contribution in [-0.2, 0) is 0 Å². The number of carbonyl (C=O) groups excluding carboxylic acids is 1. The first-order chi connectivity index (χ1) is 8.17. The lowest BCUT2D eigenvalue weighted by Crippen LogP contribution is -2.29. The van der Waals surface area contributed by atoms with Gasteiger partial charge in [0.1, 0.15) is 18.0 Å². The van der Waals surface area contributed by atoms with Crippen molar-refractivity contribution < 1.29 is 14.3 Å². The molecule has 1 rings (SSSR count). The summed E-state index contributed by atoms with van der Waals surface area (Å²) in [6.45, 7) is 2.48. The van der Waals surface area contributed by atoms with Crippen molar-refractivity contribution in [1.82, 2.24) is 4.90 Å². The number of nitrogens with zero attached hydrogens (tertiary/aromatic N) is 2. The Morgan fingerprint density at radius 2 is 1.94 bits per heavy atom. The Morgan fingerprint density at radius 3 is 2.47 bits per heavy atom. The molecule has 5 heteroatoms. The molecular weight excluding hydrogens is 220 g/mol. The van der Waals surface area contributed by atoms with Crippen LogP contribution >= 0.6 is 0 Å². The van der Waals surface area contributed by atoms with Gasteiger partial charge < -0.3 is 9.47 Å². The number of carbonyl (C=O) groups is 1. The maximum Gasteiger partial charge on any atom is 0.415 e. The number of benzene rings is 1. The molecule has 0 aliphatic heterocycles. The molecule has 0 aliphatic rings. The van der Waals surface area contributed by atoms with Gasteiger partial charge in [-0.2, -0.15) is 5.26 Å². The maximum atomic E-state index is 11.4. The smallest absolute Gasteiger partial charge is 0.415 e.